The number of anilines is 2. The summed E-state index contributed by atoms with van der Waals surface area (Å²) in [5, 5.41) is 2.34. The lowest BCUT2D eigenvalue weighted by Gasteiger charge is -2.20. The lowest BCUT2D eigenvalue weighted by molar-refractivity contribution is -0.137. The highest BCUT2D eigenvalue weighted by Gasteiger charge is 2.38. The van der Waals surface area contributed by atoms with E-state index in [1.54, 1.807) is 0 Å². The maximum Gasteiger partial charge on any atom is 0.418 e. The van der Waals surface area contributed by atoms with Crippen LogP contribution in [0, 0.1) is 19.8 Å². The minimum absolute atomic E-state index is 0.0344. The number of nitrogens with one attached hydrogen (secondary N) is 1. The van der Waals surface area contributed by atoms with Crippen molar-refractivity contribution >= 4 is 23.2 Å². The molecule has 2 aromatic carbocycles. The van der Waals surface area contributed by atoms with E-state index in [9.17, 15) is 22.8 Å². The van der Waals surface area contributed by atoms with Gasteiger partial charge in [-0.2, -0.15) is 13.2 Å². The third kappa shape index (κ3) is 3.97. The van der Waals surface area contributed by atoms with E-state index in [1.807, 2.05) is 32.0 Å². The zero-order valence-corrected chi connectivity index (χ0v) is 14.9. The molecule has 1 fully saturated rings. The monoisotopic (exact) mass is 376 g/mol. The summed E-state index contributed by atoms with van der Waals surface area (Å²) in [6.45, 7) is 3.96. The van der Waals surface area contributed by atoms with Crippen LogP contribution < -0.4 is 10.2 Å². The number of para-hydroxylation sites is 1. The highest BCUT2D eigenvalue weighted by Crippen LogP contribution is 2.35. The molecule has 1 aliphatic heterocycles. The predicted octanol–water partition coefficient (Wildman–Crippen LogP) is 4.31. The van der Waals surface area contributed by atoms with Crippen molar-refractivity contribution in [2.45, 2.75) is 26.4 Å². The van der Waals surface area contributed by atoms with Crippen LogP contribution in [0.2, 0.25) is 0 Å². The first-order valence-corrected chi connectivity index (χ1v) is 8.51. The van der Waals surface area contributed by atoms with Gasteiger partial charge in [0.15, 0.2) is 0 Å². The number of carbonyl (C=O) groups is 2. The van der Waals surface area contributed by atoms with Crippen molar-refractivity contribution in [3.05, 3.63) is 59.2 Å². The number of amides is 2. The van der Waals surface area contributed by atoms with Crippen molar-refractivity contribution in [2.24, 2.45) is 5.92 Å². The van der Waals surface area contributed by atoms with Crippen molar-refractivity contribution in [3.8, 4) is 0 Å². The summed E-state index contributed by atoms with van der Waals surface area (Å²) in [6.07, 6.45) is -4.60. The SMILES string of the molecule is Cc1ccc(N2C[C@H](C(=O)Nc3ccccc3C(F)(F)F)CC2=O)c(C)c1. The van der Waals surface area contributed by atoms with Crippen LogP contribution in [-0.4, -0.2) is 18.4 Å². The molecule has 1 atom stereocenters. The fraction of sp³-hybridized carbons (Fsp3) is 0.300. The second-order valence-corrected chi connectivity index (χ2v) is 6.73. The number of rotatable bonds is 3. The number of aryl methyl sites for hydroxylation is 2. The number of benzene rings is 2. The van der Waals surface area contributed by atoms with Crippen LogP contribution in [0.1, 0.15) is 23.1 Å². The van der Waals surface area contributed by atoms with Gasteiger partial charge in [-0.15, -0.1) is 0 Å². The highest BCUT2D eigenvalue weighted by atomic mass is 19.4. The number of halogens is 3. The Bertz CT molecular complexity index is 893. The molecule has 2 amide bonds. The minimum Gasteiger partial charge on any atom is -0.325 e. The zero-order valence-electron chi connectivity index (χ0n) is 14.9. The molecule has 0 unspecified atom stereocenters. The molecule has 1 heterocycles. The maximum atomic E-state index is 13.1. The number of alkyl halides is 3. The second kappa shape index (κ2) is 7.06. The van der Waals surface area contributed by atoms with Gasteiger partial charge in [0, 0.05) is 18.7 Å². The van der Waals surface area contributed by atoms with Crippen LogP contribution >= 0.6 is 0 Å². The molecular formula is C20H19F3N2O2. The van der Waals surface area contributed by atoms with E-state index in [2.05, 4.69) is 5.32 Å². The van der Waals surface area contributed by atoms with Gasteiger partial charge in [-0.05, 0) is 37.6 Å². The molecule has 1 saturated heterocycles. The summed E-state index contributed by atoms with van der Waals surface area (Å²) in [7, 11) is 0. The van der Waals surface area contributed by atoms with Crippen LogP contribution in [0.25, 0.3) is 0 Å². The second-order valence-electron chi connectivity index (χ2n) is 6.73. The molecule has 0 aliphatic carbocycles. The molecule has 7 heteroatoms. The highest BCUT2D eigenvalue weighted by molar-refractivity contribution is 6.04. The molecule has 0 radical (unpaired) electrons. The summed E-state index contributed by atoms with van der Waals surface area (Å²) >= 11 is 0. The third-order valence-corrected chi connectivity index (χ3v) is 4.63. The van der Waals surface area contributed by atoms with Gasteiger partial charge in [-0.25, -0.2) is 0 Å². The van der Waals surface area contributed by atoms with Gasteiger partial charge in [0.2, 0.25) is 11.8 Å². The van der Waals surface area contributed by atoms with Crippen molar-refractivity contribution in [3.63, 3.8) is 0 Å². The molecule has 0 bridgehead atoms. The fourth-order valence-corrected chi connectivity index (χ4v) is 3.30. The Kier molecular flexibility index (Phi) is 4.95. The summed E-state index contributed by atoms with van der Waals surface area (Å²) in [4.78, 5) is 26.4. The number of carbonyl (C=O) groups excluding carboxylic acids is 2. The molecule has 1 aliphatic rings. The number of hydrogen-bond donors (Lipinski definition) is 1. The van der Waals surface area contributed by atoms with E-state index >= 15 is 0 Å². The number of nitrogens with zero attached hydrogens (tertiary/aromatic N) is 1. The summed E-state index contributed by atoms with van der Waals surface area (Å²) in [6, 6.07) is 10.4. The van der Waals surface area contributed by atoms with Gasteiger partial charge in [0.05, 0.1) is 17.2 Å². The minimum atomic E-state index is -4.57. The van der Waals surface area contributed by atoms with Gasteiger partial charge in [-0.3, -0.25) is 9.59 Å². The van der Waals surface area contributed by atoms with Crippen molar-refractivity contribution in [1.29, 1.82) is 0 Å². The van der Waals surface area contributed by atoms with Crippen LogP contribution in [0.5, 0.6) is 0 Å². The Balaban J connectivity index is 1.77. The Morgan fingerprint density at radius 3 is 2.52 bits per heavy atom. The fourth-order valence-electron chi connectivity index (χ4n) is 3.30. The van der Waals surface area contributed by atoms with Gasteiger partial charge >= 0.3 is 6.18 Å². The van der Waals surface area contributed by atoms with Crippen molar-refractivity contribution in [2.75, 3.05) is 16.8 Å². The van der Waals surface area contributed by atoms with Crippen LogP contribution in [0.4, 0.5) is 24.5 Å². The first-order valence-electron chi connectivity index (χ1n) is 8.51. The molecule has 0 saturated carbocycles. The predicted molar refractivity (Wildman–Crippen MR) is 96.4 cm³/mol. The Hall–Kier alpha value is -2.83. The van der Waals surface area contributed by atoms with Crippen LogP contribution in [0.3, 0.4) is 0 Å². The molecule has 142 valence electrons. The molecule has 0 spiro atoms. The quantitative estimate of drug-likeness (QED) is 0.868. The maximum absolute atomic E-state index is 13.1. The van der Waals surface area contributed by atoms with Crippen LogP contribution in [-0.2, 0) is 15.8 Å². The number of hydrogen-bond acceptors (Lipinski definition) is 2. The lowest BCUT2D eigenvalue weighted by atomic mass is 10.1. The Labute approximate surface area is 155 Å². The van der Waals surface area contributed by atoms with E-state index in [4.69, 9.17) is 0 Å². The molecule has 1 N–H and O–H groups in total. The smallest absolute Gasteiger partial charge is 0.325 e. The molecule has 4 nitrogen and oxygen atoms in total. The van der Waals surface area contributed by atoms with E-state index in [-0.39, 0.29) is 24.6 Å². The first-order chi connectivity index (χ1) is 12.7. The third-order valence-electron chi connectivity index (χ3n) is 4.63. The molecular weight excluding hydrogens is 357 g/mol. The molecule has 3 rings (SSSR count). The van der Waals surface area contributed by atoms with E-state index < -0.39 is 23.6 Å². The summed E-state index contributed by atoms with van der Waals surface area (Å²) < 4.78 is 39.3. The Morgan fingerprint density at radius 1 is 1.15 bits per heavy atom. The van der Waals surface area contributed by atoms with E-state index in [1.165, 1.54) is 23.1 Å². The zero-order chi connectivity index (χ0) is 19.8. The average molecular weight is 376 g/mol. The van der Waals surface area contributed by atoms with Crippen molar-refractivity contribution < 1.29 is 22.8 Å². The van der Waals surface area contributed by atoms with Gasteiger partial charge < -0.3 is 10.2 Å². The summed E-state index contributed by atoms with van der Waals surface area (Å²) in [5.74, 6) is -1.52. The molecule has 0 aromatic heterocycles. The van der Waals surface area contributed by atoms with Gasteiger partial charge in [0.25, 0.3) is 0 Å². The lowest BCUT2D eigenvalue weighted by Crippen LogP contribution is -2.29. The van der Waals surface area contributed by atoms with E-state index in [0.29, 0.717) is 0 Å². The standard InChI is InChI=1S/C20H19F3N2O2/c1-12-7-8-17(13(2)9-12)25-11-14(10-18(25)26)19(27)24-16-6-4-3-5-15(16)20(21,22)23/h3-9,14H,10-11H2,1-2H3,(H,24,27)/t14-/m1/s1. The normalized spacial score (nSPS) is 17.3. The molecule has 27 heavy (non-hydrogen) atoms. The van der Waals surface area contributed by atoms with Gasteiger partial charge in [0.1, 0.15) is 0 Å². The Morgan fingerprint density at radius 2 is 1.85 bits per heavy atom. The van der Waals surface area contributed by atoms with Crippen molar-refractivity contribution in [1.82, 2.24) is 0 Å². The average Bonchev–Trinajstić information content (AvgIpc) is 2.96. The largest absolute Gasteiger partial charge is 0.418 e. The summed E-state index contributed by atoms with van der Waals surface area (Å²) in [5.41, 5.74) is 1.48. The topological polar surface area (TPSA) is 49.4 Å². The molecule has 2 aromatic rings. The van der Waals surface area contributed by atoms with Crippen LogP contribution in [0.15, 0.2) is 42.5 Å². The van der Waals surface area contributed by atoms with Gasteiger partial charge in [-0.1, -0.05) is 29.8 Å². The first kappa shape index (κ1) is 18.9. The van der Waals surface area contributed by atoms with E-state index in [0.717, 1.165) is 22.9 Å².